The number of anilines is 3. The number of nitrogens with two attached hydrogens (primary N) is 1. The number of benzene rings is 3. The number of carbonyl (C=O) groups excluding carboxylic acids is 1. The quantitative estimate of drug-likeness (QED) is 0.180. The first-order valence-electron chi connectivity index (χ1n) is 15.9. The van der Waals surface area contributed by atoms with Crippen LogP contribution in [0.5, 0.6) is 5.75 Å². The molecule has 5 aromatic rings. The number of nitrogens with one attached hydrogen (secondary N) is 1. The van der Waals surface area contributed by atoms with E-state index in [1.807, 2.05) is 69.8 Å². The number of amides is 1. The molecule has 1 saturated heterocycles. The van der Waals surface area contributed by atoms with Crippen LogP contribution in [0.25, 0.3) is 0 Å². The predicted molar refractivity (Wildman–Crippen MR) is 177 cm³/mol. The van der Waals surface area contributed by atoms with Crippen LogP contribution in [0.2, 0.25) is 0 Å². The highest BCUT2D eigenvalue weighted by Gasteiger charge is 2.34. The Balaban J connectivity index is 1.35. The smallest absolute Gasteiger partial charge is 0.350 e. The van der Waals surface area contributed by atoms with Crippen LogP contribution in [0.3, 0.4) is 0 Å². The highest BCUT2D eigenvalue weighted by atomic mass is 16.5. The maximum Gasteiger partial charge on any atom is 0.350 e. The van der Waals surface area contributed by atoms with Gasteiger partial charge in [-0.25, -0.2) is 9.25 Å². The maximum atomic E-state index is 12.5. The number of rotatable bonds is 14. The lowest BCUT2D eigenvalue weighted by Crippen LogP contribution is -2.46. The molecule has 0 radical (unpaired) electrons. The normalized spacial score (nSPS) is 14.5. The molecule has 2 aromatic heterocycles. The minimum absolute atomic E-state index is 0.339. The first-order valence-corrected chi connectivity index (χ1v) is 15.9. The molecule has 1 aliphatic rings. The summed E-state index contributed by atoms with van der Waals surface area (Å²) in [6.45, 7) is 1.05. The number of ether oxygens (including phenoxy) is 1. The van der Waals surface area contributed by atoms with E-state index in [0.717, 1.165) is 61.1 Å². The summed E-state index contributed by atoms with van der Waals surface area (Å²) in [6, 6.07) is 28.3. The fourth-order valence-electron chi connectivity index (χ4n) is 6.11. The van der Waals surface area contributed by atoms with Gasteiger partial charge < -0.3 is 15.4 Å². The van der Waals surface area contributed by atoms with E-state index >= 15 is 0 Å². The monoisotopic (exact) mass is 620 g/mol. The Bertz CT molecular complexity index is 1750. The van der Waals surface area contributed by atoms with Crippen molar-refractivity contribution in [1.82, 2.24) is 24.5 Å². The van der Waals surface area contributed by atoms with Crippen LogP contribution >= 0.6 is 0 Å². The summed E-state index contributed by atoms with van der Waals surface area (Å²) in [4.78, 5) is 19.5. The van der Waals surface area contributed by atoms with Crippen molar-refractivity contribution in [2.45, 2.75) is 57.7 Å². The zero-order chi connectivity index (χ0) is 31.9. The summed E-state index contributed by atoms with van der Waals surface area (Å²) >= 11 is 0. The third-order valence-electron chi connectivity index (χ3n) is 8.46. The molecular formula is C35H42N9O2+. The summed E-state index contributed by atoms with van der Waals surface area (Å²) in [5, 5.41) is 13.6. The zero-order valence-corrected chi connectivity index (χ0v) is 26.5. The Kier molecular flexibility index (Phi) is 9.56. The molecule has 0 unspecified atom stereocenters. The van der Waals surface area contributed by atoms with Crippen molar-refractivity contribution in [1.29, 1.82) is 0 Å². The molecular weight excluding hydrogens is 578 g/mol. The molecule has 11 nitrogen and oxygen atoms in total. The number of hydrogen-bond acceptors (Lipinski definition) is 7. The lowest BCUT2D eigenvalue weighted by atomic mass is 10.1. The summed E-state index contributed by atoms with van der Waals surface area (Å²) in [7, 11) is 3.60. The molecule has 0 saturated carbocycles. The van der Waals surface area contributed by atoms with Crippen molar-refractivity contribution in [2.75, 3.05) is 23.9 Å². The van der Waals surface area contributed by atoms with Gasteiger partial charge in [0.25, 0.3) is 0 Å². The third-order valence-corrected chi connectivity index (χ3v) is 8.46. The first kappa shape index (κ1) is 30.8. The maximum absolute atomic E-state index is 12.5. The molecule has 11 heteroatoms. The summed E-state index contributed by atoms with van der Waals surface area (Å²) in [6.07, 6.45) is 5.71. The van der Waals surface area contributed by atoms with Gasteiger partial charge in [-0.05, 0) is 60.5 Å². The van der Waals surface area contributed by atoms with E-state index in [-0.39, 0.29) is 5.91 Å². The van der Waals surface area contributed by atoms with Crippen molar-refractivity contribution >= 4 is 23.5 Å². The SMILES string of the molecule is COc1cccc(Nc2n(C)nc(CCCc3ccccc3)[n+]2Cn2nc(CCc3ccccc3)nc2N2CCC[C@H]2C(N)=O)c1. The van der Waals surface area contributed by atoms with Crippen LogP contribution in [-0.2, 0) is 44.2 Å². The molecule has 1 atom stereocenters. The van der Waals surface area contributed by atoms with Gasteiger partial charge in [-0.15, -0.1) is 4.68 Å². The standard InChI is InChI=1S/C35H41N9O2/c1-41-34(37-28-17-10-18-29(24-28)46-2)43(32(40-41)20-9-16-26-12-5-3-6-13-26)25-44-35(42-23-11-19-30(42)33(36)45)38-31(39-44)22-21-27-14-7-4-8-15-27/h3-8,10,12-15,17-18,24,30H,9,11,16,19-23,25H2,1-2H3,(H2,36,45)/p+1/t30-/m0/s1. The Hall–Kier alpha value is -5.19. The van der Waals surface area contributed by atoms with Gasteiger partial charge in [0, 0.05) is 25.5 Å². The van der Waals surface area contributed by atoms with Crippen LogP contribution < -0.4 is 25.3 Å². The molecule has 1 aliphatic heterocycles. The number of hydrogen-bond donors (Lipinski definition) is 2. The van der Waals surface area contributed by atoms with Gasteiger partial charge in [0.2, 0.25) is 17.7 Å². The Morgan fingerprint density at radius 1 is 0.957 bits per heavy atom. The van der Waals surface area contributed by atoms with Gasteiger partial charge in [-0.1, -0.05) is 66.7 Å². The van der Waals surface area contributed by atoms with E-state index < -0.39 is 6.04 Å². The van der Waals surface area contributed by atoms with Gasteiger partial charge in [0.1, 0.15) is 11.8 Å². The first-order chi connectivity index (χ1) is 22.5. The topological polar surface area (TPSA) is 120 Å². The molecule has 1 amide bonds. The largest absolute Gasteiger partial charge is 0.497 e. The highest BCUT2D eigenvalue weighted by molar-refractivity contribution is 5.83. The van der Waals surface area contributed by atoms with Gasteiger partial charge in [0.15, 0.2) is 12.5 Å². The molecule has 3 heterocycles. The Labute approximate surface area is 269 Å². The zero-order valence-electron chi connectivity index (χ0n) is 26.5. The minimum Gasteiger partial charge on any atom is -0.497 e. The summed E-state index contributed by atoms with van der Waals surface area (Å²) in [5.74, 6) is 3.52. The summed E-state index contributed by atoms with van der Waals surface area (Å²) in [5.41, 5.74) is 9.26. The van der Waals surface area contributed by atoms with Crippen molar-refractivity contribution in [2.24, 2.45) is 12.8 Å². The second-order valence-electron chi connectivity index (χ2n) is 11.7. The lowest BCUT2D eigenvalue weighted by molar-refractivity contribution is -0.696. The van der Waals surface area contributed by atoms with E-state index in [1.54, 1.807) is 7.11 Å². The number of primary amides is 1. The molecule has 0 spiro atoms. The number of aromatic nitrogens is 6. The molecule has 3 N–H and O–H groups in total. The van der Waals surface area contributed by atoms with Crippen LogP contribution in [0, 0.1) is 0 Å². The van der Waals surface area contributed by atoms with Crippen molar-refractivity contribution < 1.29 is 14.1 Å². The van der Waals surface area contributed by atoms with Crippen LogP contribution in [0.1, 0.15) is 42.0 Å². The number of nitrogens with zero attached hydrogens (tertiary/aromatic N) is 7. The van der Waals surface area contributed by atoms with Gasteiger partial charge in [-0.2, -0.15) is 10.1 Å². The van der Waals surface area contributed by atoms with E-state index in [0.29, 0.717) is 32.0 Å². The third kappa shape index (κ3) is 7.20. The van der Waals surface area contributed by atoms with Crippen LogP contribution in [0.15, 0.2) is 84.9 Å². The van der Waals surface area contributed by atoms with E-state index in [1.165, 1.54) is 11.1 Å². The van der Waals surface area contributed by atoms with E-state index in [2.05, 4.69) is 46.3 Å². The van der Waals surface area contributed by atoms with Crippen molar-refractivity contribution in [3.63, 3.8) is 0 Å². The predicted octanol–water partition coefficient (Wildman–Crippen LogP) is 3.97. The van der Waals surface area contributed by atoms with Crippen molar-refractivity contribution in [3.8, 4) is 5.75 Å². The lowest BCUT2D eigenvalue weighted by Gasteiger charge is -2.23. The molecule has 1 fully saturated rings. The Morgan fingerprint density at radius 3 is 2.41 bits per heavy atom. The van der Waals surface area contributed by atoms with Gasteiger partial charge in [0.05, 0.1) is 19.8 Å². The molecule has 3 aromatic carbocycles. The minimum atomic E-state index is -0.413. The average Bonchev–Trinajstić information content (AvgIpc) is 3.80. The fourth-order valence-corrected chi connectivity index (χ4v) is 6.11. The molecule has 0 bridgehead atoms. The van der Waals surface area contributed by atoms with E-state index in [4.69, 9.17) is 25.7 Å². The van der Waals surface area contributed by atoms with Crippen molar-refractivity contribution in [3.05, 3.63) is 108 Å². The van der Waals surface area contributed by atoms with Gasteiger partial charge >= 0.3 is 5.95 Å². The molecule has 0 aliphatic carbocycles. The van der Waals surface area contributed by atoms with Gasteiger partial charge in [-0.3, -0.25) is 10.1 Å². The second-order valence-corrected chi connectivity index (χ2v) is 11.7. The molecule has 6 rings (SSSR count). The fraction of sp³-hybridized carbons (Fsp3) is 0.343. The highest BCUT2D eigenvalue weighted by Crippen LogP contribution is 2.25. The molecule has 46 heavy (non-hydrogen) atoms. The molecule has 238 valence electrons. The summed E-state index contributed by atoms with van der Waals surface area (Å²) < 4.78 is 11.4. The number of aryl methyl sites for hydroxylation is 5. The van der Waals surface area contributed by atoms with E-state index in [9.17, 15) is 4.79 Å². The number of methoxy groups -OCH3 is 1. The second kappa shape index (κ2) is 14.3. The van der Waals surface area contributed by atoms with Crippen LogP contribution in [0.4, 0.5) is 17.6 Å². The number of carbonyl (C=O) groups is 1. The average molecular weight is 621 g/mol. The Morgan fingerprint density at radius 2 is 1.70 bits per heavy atom. The van der Waals surface area contributed by atoms with Crippen LogP contribution in [-0.4, -0.2) is 50.1 Å².